The Balaban J connectivity index is 2.56. The normalized spacial score (nSPS) is 11.5. The average Bonchev–Trinajstić information content (AvgIpc) is 2.34. The fourth-order valence-corrected chi connectivity index (χ4v) is 2.25. The molecule has 0 aliphatic carbocycles. The molecule has 0 fully saturated rings. The molecule has 0 heterocycles. The predicted octanol–water partition coefficient (Wildman–Crippen LogP) is 0.319. The first-order valence-corrected chi connectivity index (χ1v) is 7.41. The van der Waals surface area contributed by atoms with Crippen LogP contribution in [0.3, 0.4) is 0 Å². The van der Waals surface area contributed by atoms with E-state index in [9.17, 15) is 13.2 Å². The van der Waals surface area contributed by atoms with Crippen LogP contribution in [0.5, 0.6) is 0 Å². The first-order valence-electron chi connectivity index (χ1n) is 5.93. The maximum absolute atomic E-state index is 11.9. The number of amides is 1. The summed E-state index contributed by atoms with van der Waals surface area (Å²) in [5.74, 6) is -0.0367. The van der Waals surface area contributed by atoms with Crippen molar-refractivity contribution in [3.05, 3.63) is 24.3 Å². The molecule has 0 aliphatic heterocycles. The fraction of sp³-hybridized carbons (Fsp3) is 0.417. The summed E-state index contributed by atoms with van der Waals surface area (Å²) in [4.78, 5) is 11.5. The smallest absolute Gasteiger partial charge is 0.241 e. The van der Waals surface area contributed by atoms with E-state index in [4.69, 9.17) is 5.73 Å². The van der Waals surface area contributed by atoms with Gasteiger partial charge in [-0.2, -0.15) is 0 Å². The van der Waals surface area contributed by atoms with E-state index in [-0.39, 0.29) is 17.3 Å². The van der Waals surface area contributed by atoms with Gasteiger partial charge in [0.15, 0.2) is 0 Å². The quantitative estimate of drug-likeness (QED) is 0.655. The van der Waals surface area contributed by atoms with Crippen LogP contribution in [0, 0.1) is 5.92 Å². The van der Waals surface area contributed by atoms with Crippen LogP contribution >= 0.6 is 0 Å². The molecule has 7 heteroatoms. The topological polar surface area (TPSA) is 101 Å². The summed E-state index contributed by atoms with van der Waals surface area (Å²) >= 11 is 0. The molecule has 0 aromatic heterocycles. The molecule has 0 bridgehead atoms. The minimum atomic E-state index is -3.68. The lowest BCUT2D eigenvalue weighted by molar-refractivity contribution is -0.120. The molecule has 0 aliphatic rings. The van der Waals surface area contributed by atoms with Crippen LogP contribution in [-0.2, 0) is 14.8 Å². The van der Waals surface area contributed by atoms with Crippen LogP contribution in [0.2, 0.25) is 0 Å². The Morgan fingerprint density at radius 3 is 2.37 bits per heavy atom. The number of carbonyl (C=O) groups is 1. The van der Waals surface area contributed by atoms with Gasteiger partial charge < -0.3 is 11.1 Å². The van der Waals surface area contributed by atoms with Crippen LogP contribution in [0.1, 0.15) is 13.8 Å². The largest absolute Gasteiger partial charge is 0.399 e. The highest BCUT2D eigenvalue weighted by molar-refractivity contribution is 7.89. The number of nitrogen functional groups attached to an aromatic ring is 1. The second kappa shape index (κ2) is 6.53. The van der Waals surface area contributed by atoms with E-state index in [1.165, 1.54) is 24.3 Å². The Labute approximate surface area is 113 Å². The zero-order chi connectivity index (χ0) is 14.5. The number of anilines is 1. The van der Waals surface area contributed by atoms with Gasteiger partial charge in [0.2, 0.25) is 15.9 Å². The van der Waals surface area contributed by atoms with Crippen molar-refractivity contribution >= 4 is 21.6 Å². The lowest BCUT2D eigenvalue weighted by Gasteiger charge is -2.09. The first kappa shape index (κ1) is 15.5. The van der Waals surface area contributed by atoms with Crippen molar-refractivity contribution in [2.24, 2.45) is 5.92 Å². The zero-order valence-corrected chi connectivity index (χ0v) is 11.8. The van der Waals surface area contributed by atoms with Crippen LogP contribution in [0.15, 0.2) is 29.2 Å². The van der Waals surface area contributed by atoms with Crippen LogP contribution < -0.4 is 15.8 Å². The molecule has 1 aromatic carbocycles. The molecule has 0 saturated heterocycles. The van der Waals surface area contributed by atoms with Gasteiger partial charge in [0.05, 0.1) is 11.4 Å². The number of nitrogens with two attached hydrogens (primary N) is 1. The summed E-state index contributed by atoms with van der Waals surface area (Å²) in [5.41, 5.74) is 5.96. The van der Waals surface area contributed by atoms with Crippen molar-refractivity contribution in [2.75, 3.05) is 18.8 Å². The Bertz CT molecular complexity index is 524. The number of hydrogen-bond acceptors (Lipinski definition) is 4. The van der Waals surface area contributed by atoms with Gasteiger partial charge in [-0.3, -0.25) is 4.79 Å². The van der Waals surface area contributed by atoms with E-state index < -0.39 is 10.0 Å². The maximum Gasteiger partial charge on any atom is 0.241 e. The Morgan fingerprint density at radius 1 is 1.26 bits per heavy atom. The van der Waals surface area contributed by atoms with E-state index in [1.807, 2.05) is 13.8 Å². The van der Waals surface area contributed by atoms with Crippen LogP contribution in [0.25, 0.3) is 0 Å². The van der Waals surface area contributed by atoms with E-state index in [0.29, 0.717) is 18.2 Å². The summed E-state index contributed by atoms with van der Waals surface area (Å²) in [6.07, 6.45) is 0. The van der Waals surface area contributed by atoms with Crippen molar-refractivity contribution in [3.63, 3.8) is 0 Å². The molecule has 4 N–H and O–H groups in total. The molecule has 0 radical (unpaired) electrons. The lowest BCUT2D eigenvalue weighted by atomic mass is 10.2. The van der Waals surface area contributed by atoms with Gasteiger partial charge in [0, 0.05) is 12.2 Å². The van der Waals surface area contributed by atoms with Gasteiger partial charge >= 0.3 is 0 Å². The van der Waals surface area contributed by atoms with E-state index in [0.717, 1.165) is 0 Å². The highest BCUT2D eigenvalue weighted by Gasteiger charge is 2.15. The SMILES string of the molecule is CC(C)CNC(=O)CNS(=O)(=O)c1ccc(N)cc1. The summed E-state index contributed by atoms with van der Waals surface area (Å²) in [6, 6.07) is 5.77. The molecule has 1 amide bonds. The van der Waals surface area contributed by atoms with Gasteiger partial charge in [0.25, 0.3) is 0 Å². The molecule has 1 aromatic rings. The Kier molecular flexibility index (Phi) is 5.31. The molecule has 0 atom stereocenters. The van der Waals surface area contributed by atoms with Gasteiger partial charge in [-0.15, -0.1) is 0 Å². The zero-order valence-electron chi connectivity index (χ0n) is 11.0. The summed E-state index contributed by atoms with van der Waals surface area (Å²) < 4.78 is 25.9. The molecular weight excluding hydrogens is 266 g/mol. The van der Waals surface area contributed by atoms with Crippen molar-refractivity contribution in [3.8, 4) is 0 Å². The number of sulfonamides is 1. The van der Waals surface area contributed by atoms with Crippen molar-refractivity contribution in [1.29, 1.82) is 0 Å². The van der Waals surface area contributed by atoms with Crippen molar-refractivity contribution in [1.82, 2.24) is 10.0 Å². The number of benzene rings is 1. The molecular formula is C12H19N3O3S. The summed E-state index contributed by atoms with van der Waals surface area (Å²) in [7, 11) is -3.68. The number of rotatable bonds is 6. The third-order valence-electron chi connectivity index (χ3n) is 2.32. The van der Waals surface area contributed by atoms with Crippen LogP contribution in [-0.4, -0.2) is 27.4 Å². The number of carbonyl (C=O) groups excluding carboxylic acids is 1. The molecule has 0 saturated carbocycles. The minimum absolute atomic E-state index is 0.0818. The van der Waals surface area contributed by atoms with E-state index >= 15 is 0 Å². The van der Waals surface area contributed by atoms with Gasteiger partial charge in [0.1, 0.15) is 0 Å². The highest BCUT2D eigenvalue weighted by atomic mass is 32.2. The van der Waals surface area contributed by atoms with Gasteiger partial charge in [-0.1, -0.05) is 13.8 Å². The second-order valence-corrected chi connectivity index (χ2v) is 6.36. The van der Waals surface area contributed by atoms with Gasteiger partial charge in [-0.05, 0) is 30.2 Å². The summed E-state index contributed by atoms with van der Waals surface area (Å²) in [5, 5.41) is 2.63. The molecule has 0 unspecified atom stereocenters. The number of hydrogen-bond donors (Lipinski definition) is 3. The second-order valence-electron chi connectivity index (χ2n) is 4.59. The van der Waals surface area contributed by atoms with Gasteiger partial charge in [-0.25, -0.2) is 13.1 Å². The predicted molar refractivity (Wildman–Crippen MR) is 73.9 cm³/mol. The van der Waals surface area contributed by atoms with Crippen LogP contribution in [0.4, 0.5) is 5.69 Å². The molecule has 19 heavy (non-hydrogen) atoms. The van der Waals surface area contributed by atoms with Crippen molar-refractivity contribution in [2.45, 2.75) is 18.7 Å². The molecule has 1 rings (SSSR count). The fourth-order valence-electron chi connectivity index (χ4n) is 1.27. The maximum atomic E-state index is 11.9. The monoisotopic (exact) mass is 285 g/mol. The Hall–Kier alpha value is -1.60. The molecule has 0 spiro atoms. The Morgan fingerprint density at radius 2 is 1.84 bits per heavy atom. The molecule has 6 nitrogen and oxygen atoms in total. The standard InChI is InChI=1S/C12H19N3O3S/c1-9(2)7-14-12(16)8-15-19(17,18)11-5-3-10(13)4-6-11/h3-6,9,15H,7-8,13H2,1-2H3,(H,14,16). The van der Waals surface area contributed by atoms with Crippen molar-refractivity contribution < 1.29 is 13.2 Å². The average molecular weight is 285 g/mol. The molecule has 106 valence electrons. The lowest BCUT2D eigenvalue weighted by Crippen LogP contribution is -2.38. The minimum Gasteiger partial charge on any atom is -0.399 e. The van der Waals surface area contributed by atoms with E-state index in [2.05, 4.69) is 10.0 Å². The van der Waals surface area contributed by atoms with E-state index in [1.54, 1.807) is 0 Å². The first-order chi connectivity index (χ1) is 8.81. The third kappa shape index (κ3) is 5.27. The number of nitrogens with one attached hydrogen (secondary N) is 2. The highest BCUT2D eigenvalue weighted by Crippen LogP contribution is 2.10. The summed E-state index contributed by atoms with van der Waals surface area (Å²) in [6.45, 7) is 4.15. The third-order valence-corrected chi connectivity index (χ3v) is 3.74.